The molecular formula is C16H24N2O3. The fourth-order valence-electron chi connectivity index (χ4n) is 2.62. The molecule has 1 aromatic rings. The Morgan fingerprint density at radius 1 is 1.48 bits per heavy atom. The van der Waals surface area contributed by atoms with Crippen molar-refractivity contribution in [2.45, 2.75) is 25.8 Å². The van der Waals surface area contributed by atoms with E-state index in [-0.39, 0.29) is 11.7 Å². The van der Waals surface area contributed by atoms with Crippen molar-refractivity contribution >= 4 is 5.91 Å². The van der Waals surface area contributed by atoms with Crippen LogP contribution in [0.2, 0.25) is 0 Å². The number of phenolic OH excluding ortho intramolecular Hbond substituents is 1. The lowest BCUT2D eigenvalue weighted by atomic mass is 10.0. The molecule has 5 heteroatoms. The maximum atomic E-state index is 12.4. The molecule has 2 atom stereocenters. The van der Waals surface area contributed by atoms with Gasteiger partial charge in [-0.3, -0.25) is 4.79 Å². The summed E-state index contributed by atoms with van der Waals surface area (Å²) in [4.78, 5) is 14.3. The second kappa shape index (κ2) is 7.43. The summed E-state index contributed by atoms with van der Waals surface area (Å²) in [7, 11) is 0. The highest BCUT2D eigenvalue weighted by molar-refractivity contribution is 5.82. The van der Waals surface area contributed by atoms with E-state index >= 15 is 0 Å². The zero-order valence-corrected chi connectivity index (χ0v) is 12.5. The third-order valence-corrected chi connectivity index (χ3v) is 3.91. The number of hydrogen-bond donors (Lipinski definition) is 2. The zero-order chi connectivity index (χ0) is 15.2. The molecule has 116 valence electrons. The number of aromatic hydroxyl groups is 1. The standard InChI is InChI=1S/C16H24N2O3/c1-2-18(10-13-7-8-21-11-13)16(20)15(17)9-12-3-5-14(19)6-4-12/h3-6,13,15,19H,2,7-11,17H2,1H3. The Balaban J connectivity index is 1.91. The van der Waals surface area contributed by atoms with Crippen molar-refractivity contribution in [2.75, 3.05) is 26.3 Å². The van der Waals surface area contributed by atoms with Gasteiger partial charge in [-0.15, -0.1) is 0 Å². The lowest BCUT2D eigenvalue weighted by Gasteiger charge is -2.26. The Morgan fingerprint density at radius 3 is 2.76 bits per heavy atom. The maximum Gasteiger partial charge on any atom is 0.239 e. The molecule has 2 unspecified atom stereocenters. The number of carbonyl (C=O) groups excluding carboxylic acids is 1. The van der Waals surface area contributed by atoms with Crippen molar-refractivity contribution in [3.05, 3.63) is 29.8 Å². The van der Waals surface area contributed by atoms with E-state index in [0.29, 0.717) is 18.9 Å². The number of carbonyl (C=O) groups is 1. The van der Waals surface area contributed by atoms with Crippen LogP contribution in [0.25, 0.3) is 0 Å². The largest absolute Gasteiger partial charge is 0.508 e. The van der Waals surface area contributed by atoms with Gasteiger partial charge >= 0.3 is 0 Å². The molecule has 1 amide bonds. The second-order valence-electron chi connectivity index (χ2n) is 5.58. The average molecular weight is 292 g/mol. The van der Waals surface area contributed by atoms with Crippen LogP contribution in [0.15, 0.2) is 24.3 Å². The molecule has 0 bridgehead atoms. The van der Waals surface area contributed by atoms with Crippen molar-refractivity contribution in [1.82, 2.24) is 4.90 Å². The normalized spacial score (nSPS) is 19.4. The Labute approximate surface area is 125 Å². The molecule has 21 heavy (non-hydrogen) atoms. The summed E-state index contributed by atoms with van der Waals surface area (Å²) in [6, 6.07) is 6.27. The third-order valence-electron chi connectivity index (χ3n) is 3.91. The van der Waals surface area contributed by atoms with E-state index in [9.17, 15) is 9.90 Å². The van der Waals surface area contributed by atoms with Crippen LogP contribution >= 0.6 is 0 Å². The van der Waals surface area contributed by atoms with Gasteiger partial charge in [0.05, 0.1) is 12.6 Å². The van der Waals surface area contributed by atoms with Gasteiger partial charge in [0.25, 0.3) is 0 Å². The van der Waals surface area contributed by atoms with E-state index in [0.717, 1.165) is 31.7 Å². The van der Waals surface area contributed by atoms with E-state index in [1.54, 1.807) is 24.3 Å². The number of benzene rings is 1. The SMILES string of the molecule is CCN(CC1CCOC1)C(=O)C(N)Cc1ccc(O)cc1. The first-order valence-electron chi connectivity index (χ1n) is 7.50. The summed E-state index contributed by atoms with van der Waals surface area (Å²) in [6.45, 7) is 4.88. The first kappa shape index (κ1) is 15.8. The number of phenols is 1. The molecule has 1 fully saturated rings. The molecular weight excluding hydrogens is 268 g/mol. The average Bonchev–Trinajstić information content (AvgIpc) is 2.99. The van der Waals surface area contributed by atoms with Crippen molar-refractivity contribution < 1.29 is 14.6 Å². The minimum atomic E-state index is -0.545. The van der Waals surface area contributed by atoms with Crippen molar-refractivity contribution in [2.24, 2.45) is 11.7 Å². The van der Waals surface area contributed by atoms with Crippen LogP contribution in [0.1, 0.15) is 18.9 Å². The van der Waals surface area contributed by atoms with Crippen LogP contribution in [-0.4, -0.2) is 48.3 Å². The van der Waals surface area contributed by atoms with Gasteiger partial charge in [0.2, 0.25) is 5.91 Å². The van der Waals surface area contributed by atoms with Crippen molar-refractivity contribution in [3.8, 4) is 5.75 Å². The summed E-state index contributed by atoms with van der Waals surface area (Å²) in [5.41, 5.74) is 7.01. The molecule has 1 aliphatic heterocycles. The molecule has 5 nitrogen and oxygen atoms in total. The number of nitrogens with zero attached hydrogens (tertiary/aromatic N) is 1. The monoisotopic (exact) mass is 292 g/mol. The van der Waals surface area contributed by atoms with E-state index < -0.39 is 6.04 Å². The number of hydrogen-bond acceptors (Lipinski definition) is 4. The Kier molecular flexibility index (Phi) is 5.59. The smallest absolute Gasteiger partial charge is 0.239 e. The molecule has 1 heterocycles. The minimum Gasteiger partial charge on any atom is -0.508 e. The van der Waals surface area contributed by atoms with Crippen LogP contribution in [0, 0.1) is 5.92 Å². The molecule has 1 aromatic carbocycles. The van der Waals surface area contributed by atoms with Crippen LogP contribution in [0.4, 0.5) is 0 Å². The second-order valence-corrected chi connectivity index (χ2v) is 5.58. The number of ether oxygens (including phenoxy) is 1. The Hall–Kier alpha value is -1.59. The van der Waals surface area contributed by atoms with E-state index in [2.05, 4.69) is 0 Å². The zero-order valence-electron chi connectivity index (χ0n) is 12.5. The van der Waals surface area contributed by atoms with Gasteiger partial charge in [-0.05, 0) is 37.5 Å². The molecule has 0 spiro atoms. The van der Waals surface area contributed by atoms with Gasteiger partial charge in [-0.25, -0.2) is 0 Å². The van der Waals surface area contributed by atoms with Crippen LogP contribution in [-0.2, 0) is 16.0 Å². The van der Waals surface area contributed by atoms with Gasteiger partial charge in [0, 0.05) is 25.6 Å². The van der Waals surface area contributed by atoms with E-state index in [4.69, 9.17) is 10.5 Å². The molecule has 0 saturated carbocycles. The molecule has 2 rings (SSSR count). The summed E-state index contributed by atoms with van der Waals surface area (Å²) in [6.07, 6.45) is 1.49. The highest BCUT2D eigenvalue weighted by atomic mass is 16.5. The van der Waals surface area contributed by atoms with Crippen molar-refractivity contribution in [3.63, 3.8) is 0 Å². The van der Waals surface area contributed by atoms with Crippen LogP contribution in [0.5, 0.6) is 5.75 Å². The summed E-state index contributed by atoms with van der Waals surface area (Å²) in [5.74, 6) is 0.627. The molecule has 0 aromatic heterocycles. The molecule has 0 aliphatic carbocycles. The highest BCUT2D eigenvalue weighted by Gasteiger charge is 2.25. The quantitative estimate of drug-likeness (QED) is 0.824. The van der Waals surface area contributed by atoms with Gasteiger partial charge in [0.15, 0.2) is 0 Å². The van der Waals surface area contributed by atoms with Crippen LogP contribution < -0.4 is 5.73 Å². The topological polar surface area (TPSA) is 75.8 Å². The molecule has 1 aliphatic rings. The number of nitrogens with two attached hydrogens (primary N) is 1. The van der Waals surface area contributed by atoms with Gasteiger partial charge in [0.1, 0.15) is 5.75 Å². The summed E-state index contributed by atoms with van der Waals surface area (Å²) >= 11 is 0. The van der Waals surface area contributed by atoms with E-state index in [1.165, 1.54) is 0 Å². The number of likely N-dealkylation sites (N-methyl/N-ethyl adjacent to an activating group) is 1. The molecule has 3 N–H and O–H groups in total. The fourth-order valence-corrected chi connectivity index (χ4v) is 2.62. The summed E-state index contributed by atoms with van der Waals surface area (Å²) in [5, 5.41) is 9.27. The number of rotatable bonds is 6. The molecule has 1 saturated heterocycles. The summed E-state index contributed by atoms with van der Waals surface area (Å²) < 4.78 is 5.36. The molecule has 0 radical (unpaired) electrons. The Bertz CT molecular complexity index is 455. The van der Waals surface area contributed by atoms with Gasteiger partial charge in [-0.1, -0.05) is 12.1 Å². The lowest BCUT2D eigenvalue weighted by molar-refractivity contribution is -0.133. The first-order valence-corrected chi connectivity index (χ1v) is 7.50. The predicted molar refractivity (Wildman–Crippen MR) is 81.0 cm³/mol. The predicted octanol–water partition coefficient (Wildman–Crippen LogP) is 1.15. The van der Waals surface area contributed by atoms with Gasteiger partial charge < -0.3 is 20.5 Å². The highest BCUT2D eigenvalue weighted by Crippen LogP contribution is 2.15. The van der Waals surface area contributed by atoms with Crippen molar-refractivity contribution in [1.29, 1.82) is 0 Å². The minimum absolute atomic E-state index is 0.0162. The maximum absolute atomic E-state index is 12.4. The van der Waals surface area contributed by atoms with E-state index in [1.807, 2.05) is 11.8 Å². The fraction of sp³-hybridized carbons (Fsp3) is 0.562. The Morgan fingerprint density at radius 2 is 2.19 bits per heavy atom. The first-order chi connectivity index (χ1) is 10.1. The third kappa shape index (κ3) is 4.44. The van der Waals surface area contributed by atoms with Crippen LogP contribution in [0.3, 0.4) is 0 Å². The number of amides is 1. The van der Waals surface area contributed by atoms with Gasteiger partial charge in [-0.2, -0.15) is 0 Å². The lowest BCUT2D eigenvalue weighted by Crippen LogP contribution is -2.46.